The molecular weight excluding hydrogens is 228 g/mol. The summed E-state index contributed by atoms with van der Waals surface area (Å²) in [7, 11) is 0. The topological polar surface area (TPSA) is 25.2 Å². The fraction of sp³-hybridized carbons (Fsp3) is 0.400. The maximum absolute atomic E-state index is 4.43. The monoisotopic (exact) mass is 238 g/mol. The van der Waals surface area contributed by atoms with Crippen LogP contribution in [0.3, 0.4) is 0 Å². The lowest BCUT2D eigenvalue weighted by atomic mass is 9.83. The van der Waals surface area contributed by atoms with E-state index in [0.717, 1.165) is 16.0 Å². The number of hydrogen-bond acceptors (Lipinski definition) is 2. The minimum Gasteiger partial charge on any atom is -0.237 e. The highest BCUT2D eigenvalue weighted by Crippen LogP contribution is 2.39. The van der Waals surface area contributed by atoms with Crippen molar-refractivity contribution in [1.82, 2.24) is 4.98 Å². The summed E-state index contributed by atoms with van der Waals surface area (Å²) in [5.74, 6) is 0.866. The lowest BCUT2D eigenvalue weighted by Crippen LogP contribution is -2.22. The van der Waals surface area contributed by atoms with Crippen LogP contribution in [0.4, 0.5) is 5.82 Å². The molecule has 1 aromatic heterocycles. The van der Waals surface area contributed by atoms with Crippen molar-refractivity contribution < 1.29 is 0 Å². The Morgan fingerprint density at radius 3 is 2.77 bits per heavy atom. The van der Waals surface area contributed by atoms with E-state index < -0.39 is 0 Å². The quantitative estimate of drug-likeness (QED) is 0.682. The number of hydrogen-bond donors (Lipinski definition) is 0. The predicted octanol–water partition coefficient (Wildman–Crippen LogP) is 3.23. The molecule has 2 nitrogen and oxygen atoms in total. The summed E-state index contributed by atoms with van der Waals surface area (Å²) in [5, 5.41) is 0. The molecule has 0 amide bonds. The Labute approximate surface area is 86.2 Å². The van der Waals surface area contributed by atoms with E-state index in [1.54, 1.807) is 6.20 Å². The van der Waals surface area contributed by atoms with Gasteiger partial charge in [0.25, 0.3) is 0 Å². The van der Waals surface area contributed by atoms with Crippen LogP contribution in [0.25, 0.3) is 0 Å². The standard InChI is InChI=1S/C10H11BrN2/c1-6-10(2,3)8-4-7(11)5-12-9(8)13-6/h4-5H,1-3H3. The maximum Gasteiger partial charge on any atom is 0.155 e. The van der Waals surface area contributed by atoms with Crippen molar-refractivity contribution in [3.63, 3.8) is 0 Å². The zero-order valence-electron chi connectivity index (χ0n) is 7.93. The molecule has 2 rings (SSSR count). The van der Waals surface area contributed by atoms with Gasteiger partial charge in [0, 0.05) is 27.4 Å². The Balaban J connectivity index is 2.65. The van der Waals surface area contributed by atoms with Crippen molar-refractivity contribution >= 4 is 27.5 Å². The van der Waals surface area contributed by atoms with Crippen molar-refractivity contribution in [2.24, 2.45) is 4.99 Å². The normalized spacial score (nSPS) is 18.3. The number of rotatable bonds is 0. The molecule has 68 valence electrons. The molecular formula is C10H11BrN2. The van der Waals surface area contributed by atoms with Gasteiger partial charge in [-0.1, -0.05) is 13.8 Å². The van der Waals surface area contributed by atoms with Gasteiger partial charge in [-0.3, -0.25) is 0 Å². The highest BCUT2D eigenvalue weighted by Gasteiger charge is 2.32. The second-order valence-electron chi connectivity index (χ2n) is 3.85. The zero-order valence-corrected chi connectivity index (χ0v) is 9.51. The molecule has 0 spiro atoms. The molecule has 1 aliphatic heterocycles. The Hall–Kier alpha value is -0.700. The third-order valence-corrected chi connectivity index (χ3v) is 3.12. The molecule has 0 bridgehead atoms. The molecule has 0 unspecified atom stereocenters. The second kappa shape index (κ2) is 2.64. The second-order valence-corrected chi connectivity index (χ2v) is 4.76. The largest absolute Gasteiger partial charge is 0.237 e. The number of fused-ring (bicyclic) bond motifs is 1. The van der Waals surface area contributed by atoms with Crippen molar-refractivity contribution in [2.45, 2.75) is 26.2 Å². The first-order chi connectivity index (χ1) is 6.01. The molecule has 0 aromatic carbocycles. The predicted molar refractivity (Wildman–Crippen MR) is 57.7 cm³/mol. The van der Waals surface area contributed by atoms with Crippen molar-refractivity contribution in [1.29, 1.82) is 0 Å². The number of nitrogens with zero attached hydrogens (tertiary/aromatic N) is 2. The SMILES string of the molecule is CC1=Nc2ncc(Br)cc2C1(C)C. The molecule has 13 heavy (non-hydrogen) atoms. The lowest BCUT2D eigenvalue weighted by molar-refractivity contribution is 0.730. The number of aromatic nitrogens is 1. The highest BCUT2D eigenvalue weighted by molar-refractivity contribution is 9.10. The molecule has 1 aromatic rings. The molecule has 3 heteroatoms. The third-order valence-electron chi connectivity index (χ3n) is 2.68. The van der Waals surface area contributed by atoms with Crippen LogP contribution in [0.5, 0.6) is 0 Å². The molecule has 0 fully saturated rings. The minimum atomic E-state index is 0.0338. The van der Waals surface area contributed by atoms with Gasteiger partial charge >= 0.3 is 0 Å². The summed E-state index contributed by atoms with van der Waals surface area (Å²) in [6.45, 7) is 6.40. The smallest absolute Gasteiger partial charge is 0.155 e. The molecule has 0 aliphatic carbocycles. The fourth-order valence-corrected chi connectivity index (χ4v) is 1.81. The molecule has 0 saturated heterocycles. The van der Waals surface area contributed by atoms with E-state index in [-0.39, 0.29) is 5.41 Å². The summed E-state index contributed by atoms with van der Waals surface area (Å²) >= 11 is 3.42. The first-order valence-electron chi connectivity index (χ1n) is 4.23. The van der Waals surface area contributed by atoms with Gasteiger partial charge in [-0.25, -0.2) is 9.98 Å². The van der Waals surface area contributed by atoms with Crippen molar-refractivity contribution in [2.75, 3.05) is 0 Å². The Morgan fingerprint density at radius 1 is 1.38 bits per heavy atom. The summed E-state index contributed by atoms with van der Waals surface area (Å²) < 4.78 is 1.02. The number of pyridine rings is 1. The van der Waals surface area contributed by atoms with Gasteiger partial charge in [0.05, 0.1) is 0 Å². The summed E-state index contributed by atoms with van der Waals surface area (Å²) in [6.07, 6.45) is 1.79. The van der Waals surface area contributed by atoms with E-state index in [2.05, 4.69) is 52.7 Å². The molecule has 0 radical (unpaired) electrons. The highest BCUT2D eigenvalue weighted by atomic mass is 79.9. The van der Waals surface area contributed by atoms with E-state index in [1.807, 2.05) is 0 Å². The third kappa shape index (κ3) is 1.22. The van der Waals surface area contributed by atoms with Crippen LogP contribution in [0.1, 0.15) is 26.3 Å². The van der Waals surface area contributed by atoms with Crippen molar-refractivity contribution in [3.8, 4) is 0 Å². The Kier molecular flexibility index (Phi) is 1.80. The van der Waals surface area contributed by atoms with Gasteiger partial charge in [-0.05, 0) is 28.9 Å². The van der Waals surface area contributed by atoms with E-state index in [0.29, 0.717) is 0 Å². The zero-order chi connectivity index (χ0) is 9.64. The first-order valence-corrected chi connectivity index (χ1v) is 5.03. The van der Waals surface area contributed by atoms with Crippen LogP contribution < -0.4 is 0 Å². The van der Waals surface area contributed by atoms with Gasteiger partial charge < -0.3 is 0 Å². The molecule has 1 aliphatic rings. The molecule has 2 heterocycles. The first kappa shape index (κ1) is 8.88. The lowest BCUT2D eigenvalue weighted by Gasteiger charge is -2.19. The van der Waals surface area contributed by atoms with E-state index in [9.17, 15) is 0 Å². The minimum absolute atomic E-state index is 0.0338. The average molecular weight is 239 g/mol. The van der Waals surface area contributed by atoms with Crippen LogP contribution in [-0.4, -0.2) is 10.7 Å². The van der Waals surface area contributed by atoms with Crippen LogP contribution in [0, 0.1) is 0 Å². The number of halogens is 1. The molecule has 0 N–H and O–H groups in total. The van der Waals surface area contributed by atoms with Gasteiger partial charge in [0.1, 0.15) is 0 Å². The fourth-order valence-electron chi connectivity index (χ4n) is 1.47. The van der Waals surface area contributed by atoms with Crippen LogP contribution in [0.15, 0.2) is 21.7 Å². The van der Waals surface area contributed by atoms with Crippen LogP contribution >= 0.6 is 15.9 Å². The Bertz CT molecular complexity index is 394. The van der Waals surface area contributed by atoms with Gasteiger partial charge in [0.15, 0.2) is 5.82 Å². The van der Waals surface area contributed by atoms with Gasteiger partial charge in [-0.15, -0.1) is 0 Å². The van der Waals surface area contributed by atoms with Gasteiger partial charge in [0.2, 0.25) is 0 Å². The van der Waals surface area contributed by atoms with E-state index in [1.165, 1.54) is 5.56 Å². The van der Waals surface area contributed by atoms with Crippen molar-refractivity contribution in [3.05, 3.63) is 22.3 Å². The summed E-state index contributed by atoms with van der Waals surface area (Å²) in [4.78, 5) is 8.70. The Morgan fingerprint density at radius 2 is 2.08 bits per heavy atom. The number of aliphatic imine (C=N–C) groups is 1. The van der Waals surface area contributed by atoms with E-state index >= 15 is 0 Å². The van der Waals surface area contributed by atoms with Crippen LogP contribution in [-0.2, 0) is 5.41 Å². The summed E-state index contributed by atoms with van der Waals surface area (Å²) in [5.41, 5.74) is 2.37. The summed E-state index contributed by atoms with van der Waals surface area (Å²) in [6, 6.07) is 2.10. The van der Waals surface area contributed by atoms with Gasteiger partial charge in [-0.2, -0.15) is 0 Å². The average Bonchev–Trinajstić information content (AvgIpc) is 2.27. The van der Waals surface area contributed by atoms with Crippen LogP contribution in [0.2, 0.25) is 0 Å². The molecule has 0 saturated carbocycles. The van der Waals surface area contributed by atoms with E-state index in [4.69, 9.17) is 0 Å². The maximum atomic E-state index is 4.43. The molecule has 0 atom stereocenters.